The number of nitrogens with one attached hydrogen (secondary N) is 1. The Morgan fingerprint density at radius 2 is 2.17 bits per heavy atom. The molecular weight excluding hydrogens is 346 g/mol. The maximum absolute atomic E-state index is 12.0. The molecule has 1 aromatic carbocycles. The molecule has 5 nitrogen and oxygen atoms in total. The standard InChI is InChI=1S/C17H16ClN3O2S/c1-10-11(2)24-17-15(10)16(20-9-21-17)23-8-14(22)19-7-12-4-3-5-13(18)6-12/h3-6,9H,7-8H2,1-2H3,(H,19,22). The summed E-state index contributed by atoms with van der Waals surface area (Å²) in [5, 5.41) is 4.32. The van der Waals surface area contributed by atoms with E-state index in [2.05, 4.69) is 15.3 Å². The third-order valence-corrected chi connectivity index (χ3v) is 5.00. The van der Waals surface area contributed by atoms with Gasteiger partial charge in [-0.15, -0.1) is 11.3 Å². The molecule has 1 N–H and O–H groups in total. The van der Waals surface area contributed by atoms with E-state index >= 15 is 0 Å². The fraction of sp³-hybridized carbons (Fsp3) is 0.235. The van der Waals surface area contributed by atoms with Crippen molar-refractivity contribution in [3.63, 3.8) is 0 Å². The molecule has 2 heterocycles. The lowest BCUT2D eigenvalue weighted by Gasteiger charge is -2.08. The van der Waals surface area contributed by atoms with Gasteiger partial charge in [0.05, 0.1) is 5.39 Å². The quantitative estimate of drug-likeness (QED) is 0.753. The SMILES string of the molecule is Cc1sc2ncnc(OCC(=O)NCc3cccc(Cl)c3)c2c1C. The zero-order chi connectivity index (χ0) is 17.1. The number of aromatic nitrogens is 2. The highest BCUT2D eigenvalue weighted by Gasteiger charge is 2.14. The number of rotatable bonds is 5. The second-order valence-electron chi connectivity index (χ2n) is 5.34. The average Bonchev–Trinajstić information content (AvgIpc) is 2.86. The van der Waals surface area contributed by atoms with Crippen LogP contribution in [0.2, 0.25) is 5.02 Å². The molecule has 24 heavy (non-hydrogen) atoms. The van der Waals surface area contributed by atoms with E-state index in [1.54, 1.807) is 17.4 Å². The van der Waals surface area contributed by atoms with Crippen molar-refractivity contribution in [1.82, 2.24) is 15.3 Å². The first-order valence-electron chi connectivity index (χ1n) is 7.39. The van der Waals surface area contributed by atoms with Crippen molar-refractivity contribution in [1.29, 1.82) is 0 Å². The maximum atomic E-state index is 12.0. The van der Waals surface area contributed by atoms with Gasteiger partial charge in [-0.1, -0.05) is 23.7 Å². The Balaban J connectivity index is 1.62. The number of thiophene rings is 1. The summed E-state index contributed by atoms with van der Waals surface area (Å²) in [4.78, 5) is 22.4. The van der Waals surface area contributed by atoms with Gasteiger partial charge < -0.3 is 10.1 Å². The van der Waals surface area contributed by atoms with E-state index in [1.807, 2.05) is 32.0 Å². The molecule has 0 aliphatic heterocycles. The van der Waals surface area contributed by atoms with Gasteiger partial charge in [0, 0.05) is 16.4 Å². The second-order valence-corrected chi connectivity index (χ2v) is 6.98. The van der Waals surface area contributed by atoms with Crippen LogP contribution in [-0.2, 0) is 11.3 Å². The average molecular weight is 362 g/mol. The molecule has 3 aromatic rings. The fourth-order valence-electron chi connectivity index (χ4n) is 2.29. The largest absolute Gasteiger partial charge is 0.467 e. The molecule has 2 aromatic heterocycles. The van der Waals surface area contributed by atoms with E-state index in [9.17, 15) is 4.79 Å². The summed E-state index contributed by atoms with van der Waals surface area (Å²) in [5.41, 5.74) is 2.02. The van der Waals surface area contributed by atoms with Crippen LogP contribution < -0.4 is 10.1 Å². The highest BCUT2D eigenvalue weighted by Crippen LogP contribution is 2.33. The number of amides is 1. The van der Waals surface area contributed by atoms with Crippen molar-refractivity contribution >= 4 is 39.1 Å². The molecule has 0 saturated carbocycles. The Labute approximate surface area is 148 Å². The first-order valence-corrected chi connectivity index (χ1v) is 8.58. The monoisotopic (exact) mass is 361 g/mol. The van der Waals surface area contributed by atoms with Crippen molar-refractivity contribution in [2.24, 2.45) is 0 Å². The molecule has 124 valence electrons. The van der Waals surface area contributed by atoms with Gasteiger partial charge in [-0.25, -0.2) is 9.97 Å². The number of ether oxygens (including phenoxy) is 1. The summed E-state index contributed by atoms with van der Waals surface area (Å²) in [6, 6.07) is 7.35. The maximum Gasteiger partial charge on any atom is 0.258 e. The van der Waals surface area contributed by atoms with Crippen molar-refractivity contribution < 1.29 is 9.53 Å². The zero-order valence-corrected chi connectivity index (χ0v) is 14.9. The Morgan fingerprint density at radius 3 is 2.96 bits per heavy atom. The van der Waals surface area contributed by atoms with Crippen LogP contribution in [0, 0.1) is 13.8 Å². The van der Waals surface area contributed by atoms with E-state index in [0.29, 0.717) is 17.4 Å². The summed E-state index contributed by atoms with van der Waals surface area (Å²) in [6.07, 6.45) is 1.46. The summed E-state index contributed by atoms with van der Waals surface area (Å²) in [7, 11) is 0. The van der Waals surface area contributed by atoms with Gasteiger partial charge in [-0.3, -0.25) is 4.79 Å². The van der Waals surface area contributed by atoms with Crippen LogP contribution in [0.1, 0.15) is 16.0 Å². The Bertz CT molecular complexity index is 895. The summed E-state index contributed by atoms with van der Waals surface area (Å²) < 4.78 is 5.60. The zero-order valence-electron chi connectivity index (χ0n) is 13.3. The lowest BCUT2D eigenvalue weighted by atomic mass is 10.2. The number of carbonyl (C=O) groups is 1. The number of hydrogen-bond acceptors (Lipinski definition) is 5. The van der Waals surface area contributed by atoms with E-state index < -0.39 is 0 Å². The molecule has 0 spiro atoms. The molecule has 1 amide bonds. The van der Waals surface area contributed by atoms with Gasteiger partial charge in [0.1, 0.15) is 11.2 Å². The van der Waals surface area contributed by atoms with E-state index in [1.165, 1.54) is 11.2 Å². The number of benzene rings is 1. The number of hydrogen-bond donors (Lipinski definition) is 1. The van der Waals surface area contributed by atoms with E-state index in [0.717, 1.165) is 21.3 Å². The molecule has 0 fully saturated rings. The Hall–Kier alpha value is -2.18. The van der Waals surface area contributed by atoms with Crippen molar-refractivity contribution in [3.8, 4) is 5.88 Å². The van der Waals surface area contributed by atoms with Crippen LogP contribution in [-0.4, -0.2) is 22.5 Å². The molecule has 0 atom stereocenters. The van der Waals surface area contributed by atoms with Gasteiger partial charge in [0.2, 0.25) is 5.88 Å². The van der Waals surface area contributed by atoms with Crippen molar-refractivity contribution in [3.05, 3.63) is 51.6 Å². The third kappa shape index (κ3) is 3.66. The summed E-state index contributed by atoms with van der Waals surface area (Å²) in [6.45, 7) is 4.34. The van der Waals surface area contributed by atoms with Crippen molar-refractivity contribution in [2.75, 3.05) is 6.61 Å². The van der Waals surface area contributed by atoms with Gasteiger partial charge in [-0.2, -0.15) is 0 Å². The number of fused-ring (bicyclic) bond motifs is 1. The van der Waals surface area contributed by atoms with E-state index in [-0.39, 0.29) is 12.5 Å². The lowest BCUT2D eigenvalue weighted by Crippen LogP contribution is -2.28. The fourth-order valence-corrected chi connectivity index (χ4v) is 3.49. The summed E-state index contributed by atoms with van der Waals surface area (Å²) >= 11 is 7.51. The molecule has 0 saturated heterocycles. The van der Waals surface area contributed by atoms with Gasteiger partial charge in [0.15, 0.2) is 6.61 Å². The molecule has 0 unspecified atom stereocenters. The second kappa shape index (κ2) is 7.15. The van der Waals surface area contributed by atoms with Crippen LogP contribution in [0.15, 0.2) is 30.6 Å². The topological polar surface area (TPSA) is 64.1 Å². The minimum Gasteiger partial charge on any atom is -0.467 e. The van der Waals surface area contributed by atoms with Crippen LogP contribution in [0.5, 0.6) is 5.88 Å². The molecule has 0 aliphatic carbocycles. The Morgan fingerprint density at radius 1 is 1.33 bits per heavy atom. The minimum absolute atomic E-state index is 0.0962. The molecule has 0 bridgehead atoms. The van der Waals surface area contributed by atoms with E-state index in [4.69, 9.17) is 16.3 Å². The predicted molar refractivity (Wildman–Crippen MR) is 95.7 cm³/mol. The normalized spacial score (nSPS) is 10.8. The molecule has 3 rings (SSSR count). The molecule has 0 aliphatic rings. The highest BCUT2D eigenvalue weighted by molar-refractivity contribution is 7.18. The van der Waals surface area contributed by atoms with Crippen LogP contribution in [0.25, 0.3) is 10.2 Å². The molecule has 7 heteroatoms. The third-order valence-electron chi connectivity index (χ3n) is 3.65. The Kier molecular flexibility index (Phi) is 4.97. The summed E-state index contributed by atoms with van der Waals surface area (Å²) in [5.74, 6) is 0.228. The van der Waals surface area contributed by atoms with Gasteiger partial charge in [0.25, 0.3) is 5.91 Å². The number of halogens is 1. The number of carbonyl (C=O) groups excluding carboxylic acids is 1. The highest BCUT2D eigenvalue weighted by atomic mass is 35.5. The molecular formula is C17H16ClN3O2S. The number of nitrogens with zero attached hydrogens (tertiary/aromatic N) is 2. The first kappa shape index (κ1) is 16.7. The smallest absolute Gasteiger partial charge is 0.258 e. The predicted octanol–water partition coefficient (Wildman–Crippen LogP) is 3.66. The number of aryl methyl sites for hydroxylation is 2. The van der Waals surface area contributed by atoms with Crippen LogP contribution in [0.4, 0.5) is 0 Å². The van der Waals surface area contributed by atoms with Crippen LogP contribution in [0.3, 0.4) is 0 Å². The van der Waals surface area contributed by atoms with Crippen LogP contribution >= 0.6 is 22.9 Å². The lowest BCUT2D eigenvalue weighted by molar-refractivity contribution is -0.123. The van der Waals surface area contributed by atoms with Gasteiger partial charge >= 0.3 is 0 Å². The van der Waals surface area contributed by atoms with Crippen molar-refractivity contribution in [2.45, 2.75) is 20.4 Å². The first-order chi connectivity index (χ1) is 11.5. The van der Waals surface area contributed by atoms with Gasteiger partial charge in [-0.05, 0) is 37.1 Å². The molecule has 0 radical (unpaired) electrons. The minimum atomic E-state index is -0.216.